The molecular weight excluding hydrogens is 290 g/mol. The van der Waals surface area contributed by atoms with Crippen molar-refractivity contribution >= 4 is 5.91 Å². The summed E-state index contributed by atoms with van der Waals surface area (Å²) in [4.78, 5) is 16.3. The van der Waals surface area contributed by atoms with Crippen molar-refractivity contribution in [2.24, 2.45) is 5.92 Å². The van der Waals surface area contributed by atoms with Crippen LogP contribution in [0.15, 0.2) is 43.0 Å². The molecule has 0 radical (unpaired) electrons. The van der Waals surface area contributed by atoms with Gasteiger partial charge in [0.1, 0.15) is 0 Å². The lowest BCUT2D eigenvalue weighted by molar-refractivity contribution is 0.0914. The predicted octanol–water partition coefficient (Wildman–Crippen LogP) is 2.21. The molecule has 2 aromatic rings. The molecular formula is C18H23N3O2. The summed E-state index contributed by atoms with van der Waals surface area (Å²) in [6.07, 6.45) is 9.35. The molecule has 0 spiro atoms. The Morgan fingerprint density at radius 2 is 1.96 bits per heavy atom. The van der Waals surface area contributed by atoms with Crippen LogP contribution in [-0.4, -0.2) is 33.2 Å². The van der Waals surface area contributed by atoms with Crippen LogP contribution in [0.25, 0.3) is 0 Å². The summed E-state index contributed by atoms with van der Waals surface area (Å²) in [5.74, 6) is 0.400. The highest BCUT2D eigenvalue weighted by molar-refractivity contribution is 5.94. The quantitative estimate of drug-likeness (QED) is 0.889. The maximum Gasteiger partial charge on any atom is 0.251 e. The number of carbonyl (C=O) groups is 1. The molecule has 0 unspecified atom stereocenters. The van der Waals surface area contributed by atoms with Gasteiger partial charge in [-0.05, 0) is 49.3 Å². The number of rotatable bonds is 5. The van der Waals surface area contributed by atoms with E-state index in [-0.39, 0.29) is 18.6 Å². The van der Waals surface area contributed by atoms with Gasteiger partial charge in [-0.15, -0.1) is 0 Å². The second-order valence-electron chi connectivity index (χ2n) is 6.31. The van der Waals surface area contributed by atoms with Crippen molar-refractivity contribution in [3.8, 4) is 0 Å². The lowest BCUT2D eigenvalue weighted by atomic mass is 9.86. The van der Waals surface area contributed by atoms with Gasteiger partial charge in [-0.1, -0.05) is 12.1 Å². The standard InChI is InChI=1S/C18H23N3O2/c22-12-15-3-7-17(8-4-15)20-18(23)16-5-1-14(2-6-16)11-21-10-9-19-13-21/h1-2,5-6,9-10,13,15,17,22H,3-4,7-8,11-12H2,(H,20,23). The summed E-state index contributed by atoms with van der Waals surface area (Å²) in [6, 6.07) is 7.95. The number of amides is 1. The van der Waals surface area contributed by atoms with E-state index >= 15 is 0 Å². The van der Waals surface area contributed by atoms with Crippen molar-refractivity contribution in [1.29, 1.82) is 0 Å². The monoisotopic (exact) mass is 313 g/mol. The molecule has 0 saturated heterocycles. The van der Waals surface area contributed by atoms with E-state index in [1.165, 1.54) is 0 Å². The van der Waals surface area contributed by atoms with Gasteiger partial charge < -0.3 is 15.0 Å². The first kappa shape index (κ1) is 15.7. The predicted molar refractivity (Wildman–Crippen MR) is 88.1 cm³/mol. The van der Waals surface area contributed by atoms with Crippen LogP contribution in [0.3, 0.4) is 0 Å². The molecule has 0 atom stereocenters. The van der Waals surface area contributed by atoms with Gasteiger partial charge in [-0.3, -0.25) is 4.79 Å². The number of nitrogens with zero attached hydrogens (tertiary/aromatic N) is 2. The van der Waals surface area contributed by atoms with Gasteiger partial charge in [0.15, 0.2) is 0 Å². The van der Waals surface area contributed by atoms with Gasteiger partial charge in [0, 0.05) is 37.2 Å². The van der Waals surface area contributed by atoms with Crippen LogP contribution in [-0.2, 0) is 6.54 Å². The number of benzene rings is 1. The molecule has 0 aliphatic heterocycles. The van der Waals surface area contributed by atoms with Crippen molar-refractivity contribution < 1.29 is 9.90 Å². The Bertz CT molecular complexity index is 614. The van der Waals surface area contributed by atoms with Gasteiger partial charge in [-0.2, -0.15) is 0 Å². The van der Waals surface area contributed by atoms with Gasteiger partial charge in [0.05, 0.1) is 6.33 Å². The van der Waals surface area contributed by atoms with E-state index in [2.05, 4.69) is 10.3 Å². The summed E-state index contributed by atoms with van der Waals surface area (Å²) >= 11 is 0. The van der Waals surface area contributed by atoms with Gasteiger partial charge in [0.2, 0.25) is 0 Å². The summed E-state index contributed by atoms with van der Waals surface area (Å²) in [5.41, 5.74) is 1.84. The molecule has 1 amide bonds. The topological polar surface area (TPSA) is 67.2 Å². The maximum atomic E-state index is 12.3. The number of imidazole rings is 1. The molecule has 2 N–H and O–H groups in total. The molecule has 1 heterocycles. The molecule has 1 aliphatic rings. The van der Waals surface area contributed by atoms with Crippen LogP contribution in [0.4, 0.5) is 0 Å². The highest BCUT2D eigenvalue weighted by Crippen LogP contribution is 2.23. The minimum Gasteiger partial charge on any atom is -0.396 e. The Hall–Kier alpha value is -2.14. The Morgan fingerprint density at radius 1 is 1.22 bits per heavy atom. The van der Waals surface area contributed by atoms with Crippen molar-refractivity contribution in [1.82, 2.24) is 14.9 Å². The fourth-order valence-electron chi connectivity index (χ4n) is 3.11. The minimum atomic E-state index is -0.00775. The van der Waals surface area contributed by atoms with E-state index in [1.54, 1.807) is 12.5 Å². The van der Waals surface area contributed by atoms with Crippen LogP contribution >= 0.6 is 0 Å². The summed E-state index contributed by atoms with van der Waals surface area (Å²) < 4.78 is 1.99. The Labute approximate surface area is 136 Å². The zero-order valence-corrected chi connectivity index (χ0v) is 13.2. The molecule has 3 rings (SSSR count). The smallest absolute Gasteiger partial charge is 0.251 e. The van der Waals surface area contributed by atoms with Crippen LogP contribution in [0.2, 0.25) is 0 Å². The van der Waals surface area contributed by atoms with Gasteiger partial charge >= 0.3 is 0 Å². The lowest BCUT2D eigenvalue weighted by Gasteiger charge is -2.28. The molecule has 1 aromatic heterocycles. The van der Waals surface area contributed by atoms with Crippen LogP contribution in [0.1, 0.15) is 41.6 Å². The fourth-order valence-corrected chi connectivity index (χ4v) is 3.11. The molecule has 23 heavy (non-hydrogen) atoms. The fraction of sp³-hybridized carbons (Fsp3) is 0.444. The van der Waals surface area contributed by atoms with Gasteiger partial charge in [-0.25, -0.2) is 4.98 Å². The third-order valence-electron chi connectivity index (χ3n) is 4.58. The van der Waals surface area contributed by atoms with E-state index in [0.29, 0.717) is 11.5 Å². The van der Waals surface area contributed by atoms with Crippen molar-refractivity contribution in [2.45, 2.75) is 38.3 Å². The molecule has 5 nitrogen and oxygen atoms in total. The summed E-state index contributed by atoms with van der Waals surface area (Å²) in [5, 5.41) is 12.3. The number of nitrogens with one attached hydrogen (secondary N) is 1. The number of aromatic nitrogens is 2. The lowest BCUT2D eigenvalue weighted by Crippen LogP contribution is -2.38. The molecule has 1 fully saturated rings. The highest BCUT2D eigenvalue weighted by Gasteiger charge is 2.22. The van der Waals surface area contributed by atoms with Crippen LogP contribution < -0.4 is 5.32 Å². The average Bonchev–Trinajstić information content (AvgIpc) is 3.09. The third-order valence-corrected chi connectivity index (χ3v) is 4.58. The first-order valence-electron chi connectivity index (χ1n) is 8.21. The first-order chi connectivity index (χ1) is 11.2. The Kier molecular flexibility index (Phi) is 5.08. The molecule has 1 saturated carbocycles. The van der Waals surface area contributed by atoms with E-state index < -0.39 is 0 Å². The maximum absolute atomic E-state index is 12.3. The first-order valence-corrected chi connectivity index (χ1v) is 8.21. The van der Waals surface area contributed by atoms with Crippen molar-refractivity contribution in [3.05, 3.63) is 54.1 Å². The molecule has 5 heteroatoms. The Balaban J connectivity index is 1.53. The Morgan fingerprint density at radius 3 is 2.57 bits per heavy atom. The molecule has 1 aliphatic carbocycles. The van der Waals surface area contributed by atoms with Gasteiger partial charge in [0.25, 0.3) is 5.91 Å². The summed E-state index contributed by atoms with van der Waals surface area (Å²) in [7, 11) is 0. The number of aliphatic hydroxyl groups excluding tert-OH is 1. The van der Waals surface area contributed by atoms with E-state index in [1.807, 2.05) is 35.0 Å². The molecule has 0 bridgehead atoms. The SMILES string of the molecule is O=C(NC1CCC(CO)CC1)c1ccc(Cn2ccnc2)cc1. The van der Waals surface area contributed by atoms with E-state index in [9.17, 15) is 4.79 Å². The number of hydrogen-bond acceptors (Lipinski definition) is 3. The van der Waals surface area contributed by atoms with Crippen LogP contribution in [0, 0.1) is 5.92 Å². The molecule has 1 aromatic carbocycles. The number of aliphatic hydroxyl groups is 1. The van der Waals surface area contributed by atoms with Crippen molar-refractivity contribution in [2.75, 3.05) is 6.61 Å². The number of carbonyl (C=O) groups excluding carboxylic acids is 1. The van der Waals surface area contributed by atoms with Crippen molar-refractivity contribution in [3.63, 3.8) is 0 Å². The van der Waals surface area contributed by atoms with E-state index in [0.717, 1.165) is 37.8 Å². The van der Waals surface area contributed by atoms with Crippen LogP contribution in [0.5, 0.6) is 0 Å². The second-order valence-corrected chi connectivity index (χ2v) is 6.31. The molecule has 122 valence electrons. The highest BCUT2D eigenvalue weighted by atomic mass is 16.3. The van der Waals surface area contributed by atoms with E-state index in [4.69, 9.17) is 5.11 Å². The number of hydrogen-bond donors (Lipinski definition) is 2. The third kappa shape index (κ3) is 4.20. The zero-order chi connectivity index (χ0) is 16.1. The normalized spacial score (nSPS) is 21.1. The zero-order valence-electron chi connectivity index (χ0n) is 13.2. The minimum absolute atomic E-state index is 0.00775. The summed E-state index contributed by atoms with van der Waals surface area (Å²) in [6.45, 7) is 1.02. The average molecular weight is 313 g/mol. The largest absolute Gasteiger partial charge is 0.396 e. The second kappa shape index (κ2) is 7.42.